The number of aliphatic hydroxyl groups is 3. The van der Waals surface area contributed by atoms with E-state index in [4.69, 9.17) is 5.11 Å². The Kier molecular flexibility index (Phi) is 3.06. The van der Waals surface area contributed by atoms with Crippen LogP contribution in [0.25, 0.3) is 0 Å². The normalized spacial score (nSPS) is 16.6. The standard InChI is InChI=1S/C8H18O3/c1-7(2,5-9)6(10)8(3,4)11/h6,9-11H,5H2,1-4H3. The summed E-state index contributed by atoms with van der Waals surface area (Å²) in [4.78, 5) is 0. The van der Waals surface area contributed by atoms with Crippen LogP contribution in [-0.4, -0.2) is 33.6 Å². The quantitative estimate of drug-likeness (QED) is 0.553. The first-order chi connectivity index (χ1) is 4.72. The third kappa shape index (κ3) is 2.77. The largest absolute Gasteiger partial charge is 0.396 e. The second-order valence-electron chi connectivity index (χ2n) is 4.20. The number of hydrogen-bond acceptors (Lipinski definition) is 3. The van der Waals surface area contributed by atoms with Crippen LogP contribution >= 0.6 is 0 Å². The molecule has 0 spiro atoms. The van der Waals surface area contributed by atoms with Crippen LogP contribution < -0.4 is 0 Å². The van der Waals surface area contributed by atoms with Crippen molar-refractivity contribution < 1.29 is 15.3 Å². The molecule has 68 valence electrons. The summed E-state index contributed by atoms with van der Waals surface area (Å²) in [5.74, 6) is 0. The molecule has 0 amide bonds. The first kappa shape index (κ1) is 10.9. The zero-order valence-electron chi connectivity index (χ0n) is 7.63. The van der Waals surface area contributed by atoms with Gasteiger partial charge in [-0.2, -0.15) is 0 Å². The van der Waals surface area contributed by atoms with Crippen LogP contribution in [0.15, 0.2) is 0 Å². The highest BCUT2D eigenvalue weighted by atomic mass is 16.3. The van der Waals surface area contributed by atoms with Gasteiger partial charge in [-0.05, 0) is 13.8 Å². The van der Waals surface area contributed by atoms with E-state index in [9.17, 15) is 10.2 Å². The predicted molar refractivity (Wildman–Crippen MR) is 43.2 cm³/mol. The van der Waals surface area contributed by atoms with Crippen molar-refractivity contribution in [1.82, 2.24) is 0 Å². The summed E-state index contributed by atoms with van der Waals surface area (Å²) in [6.07, 6.45) is -0.917. The molecule has 0 aliphatic rings. The van der Waals surface area contributed by atoms with Crippen molar-refractivity contribution in [3.63, 3.8) is 0 Å². The van der Waals surface area contributed by atoms with Gasteiger partial charge in [-0.1, -0.05) is 13.8 Å². The molecule has 0 aromatic carbocycles. The van der Waals surface area contributed by atoms with Crippen molar-refractivity contribution in [2.24, 2.45) is 5.41 Å². The van der Waals surface area contributed by atoms with Gasteiger partial charge < -0.3 is 15.3 Å². The molecule has 0 aliphatic heterocycles. The Labute approximate surface area is 67.7 Å². The summed E-state index contributed by atoms with van der Waals surface area (Å²) >= 11 is 0. The first-order valence-electron chi connectivity index (χ1n) is 3.73. The Bertz CT molecular complexity index is 124. The monoisotopic (exact) mass is 162 g/mol. The van der Waals surface area contributed by atoms with Crippen LogP contribution in [0.4, 0.5) is 0 Å². The minimum Gasteiger partial charge on any atom is -0.396 e. The molecular formula is C8H18O3. The molecule has 0 rings (SSSR count). The van der Waals surface area contributed by atoms with E-state index in [1.165, 1.54) is 13.8 Å². The summed E-state index contributed by atoms with van der Waals surface area (Å²) in [5.41, 5.74) is -1.82. The van der Waals surface area contributed by atoms with E-state index in [-0.39, 0.29) is 6.61 Å². The van der Waals surface area contributed by atoms with Gasteiger partial charge in [-0.3, -0.25) is 0 Å². The van der Waals surface area contributed by atoms with Gasteiger partial charge in [0.2, 0.25) is 0 Å². The molecule has 0 aromatic rings. The van der Waals surface area contributed by atoms with Gasteiger partial charge >= 0.3 is 0 Å². The molecule has 3 N–H and O–H groups in total. The number of aliphatic hydroxyl groups excluding tert-OH is 2. The maximum atomic E-state index is 9.50. The molecule has 0 radical (unpaired) electrons. The fourth-order valence-electron chi connectivity index (χ4n) is 1.04. The number of hydrogen-bond donors (Lipinski definition) is 3. The van der Waals surface area contributed by atoms with E-state index in [0.717, 1.165) is 0 Å². The van der Waals surface area contributed by atoms with Gasteiger partial charge in [0.25, 0.3) is 0 Å². The van der Waals surface area contributed by atoms with E-state index < -0.39 is 17.1 Å². The van der Waals surface area contributed by atoms with Gasteiger partial charge in [-0.25, -0.2) is 0 Å². The summed E-state index contributed by atoms with van der Waals surface area (Å²) < 4.78 is 0. The van der Waals surface area contributed by atoms with E-state index >= 15 is 0 Å². The lowest BCUT2D eigenvalue weighted by atomic mass is 9.79. The molecule has 0 heterocycles. The fourth-order valence-corrected chi connectivity index (χ4v) is 1.04. The van der Waals surface area contributed by atoms with Crippen LogP contribution in [0.1, 0.15) is 27.7 Å². The second kappa shape index (κ2) is 3.09. The number of rotatable bonds is 3. The third-order valence-electron chi connectivity index (χ3n) is 1.82. The summed E-state index contributed by atoms with van der Waals surface area (Å²) in [6, 6.07) is 0. The Hall–Kier alpha value is -0.120. The average molecular weight is 162 g/mol. The zero-order valence-corrected chi connectivity index (χ0v) is 7.63. The molecule has 0 bridgehead atoms. The van der Waals surface area contributed by atoms with Crippen LogP contribution in [0.2, 0.25) is 0 Å². The van der Waals surface area contributed by atoms with Crippen molar-refractivity contribution in [3.05, 3.63) is 0 Å². The molecule has 3 heteroatoms. The van der Waals surface area contributed by atoms with E-state index in [1.54, 1.807) is 13.8 Å². The van der Waals surface area contributed by atoms with Gasteiger partial charge in [0, 0.05) is 5.41 Å². The van der Waals surface area contributed by atoms with Crippen LogP contribution in [0.3, 0.4) is 0 Å². The lowest BCUT2D eigenvalue weighted by molar-refractivity contribution is -0.117. The fraction of sp³-hybridized carbons (Fsp3) is 1.00. The van der Waals surface area contributed by atoms with Crippen LogP contribution in [0, 0.1) is 5.41 Å². The average Bonchev–Trinajstić information content (AvgIpc) is 1.84. The maximum Gasteiger partial charge on any atom is 0.0894 e. The summed E-state index contributed by atoms with van der Waals surface area (Å²) in [7, 11) is 0. The van der Waals surface area contributed by atoms with E-state index in [2.05, 4.69) is 0 Å². The summed E-state index contributed by atoms with van der Waals surface area (Å²) in [6.45, 7) is 6.31. The van der Waals surface area contributed by atoms with Gasteiger partial charge in [0.05, 0.1) is 18.3 Å². The predicted octanol–water partition coefficient (Wildman–Crippen LogP) is 0.137. The highest BCUT2D eigenvalue weighted by Gasteiger charge is 2.37. The van der Waals surface area contributed by atoms with E-state index in [0.29, 0.717) is 0 Å². The molecule has 11 heavy (non-hydrogen) atoms. The molecule has 0 aliphatic carbocycles. The molecule has 1 atom stereocenters. The first-order valence-corrected chi connectivity index (χ1v) is 3.73. The van der Waals surface area contributed by atoms with Crippen molar-refractivity contribution in [2.45, 2.75) is 39.4 Å². The highest BCUT2D eigenvalue weighted by molar-refractivity contribution is 4.88. The lowest BCUT2D eigenvalue weighted by Crippen LogP contribution is -2.47. The van der Waals surface area contributed by atoms with E-state index in [1.807, 2.05) is 0 Å². The van der Waals surface area contributed by atoms with Gasteiger partial charge in [-0.15, -0.1) is 0 Å². The van der Waals surface area contributed by atoms with Gasteiger partial charge in [0.1, 0.15) is 0 Å². The Morgan fingerprint density at radius 3 is 1.64 bits per heavy atom. The van der Waals surface area contributed by atoms with Crippen molar-refractivity contribution in [1.29, 1.82) is 0 Å². The van der Waals surface area contributed by atoms with Crippen molar-refractivity contribution >= 4 is 0 Å². The lowest BCUT2D eigenvalue weighted by Gasteiger charge is -2.36. The topological polar surface area (TPSA) is 60.7 Å². The van der Waals surface area contributed by atoms with Crippen molar-refractivity contribution in [3.8, 4) is 0 Å². The minimum atomic E-state index is -1.16. The molecule has 0 fully saturated rings. The molecule has 0 saturated carbocycles. The third-order valence-corrected chi connectivity index (χ3v) is 1.82. The molecule has 0 saturated heterocycles. The van der Waals surface area contributed by atoms with Crippen LogP contribution in [-0.2, 0) is 0 Å². The Morgan fingerprint density at radius 2 is 1.55 bits per heavy atom. The second-order valence-corrected chi connectivity index (χ2v) is 4.20. The minimum absolute atomic E-state index is 0.141. The molecule has 3 nitrogen and oxygen atoms in total. The molecule has 0 aromatic heterocycles. The van der Waals surface area contributed by atoms with Crippen LogP contribution in [0.5, 0.6) is 0 Å². The molecule has 1 unspecified atom stereocenters. The maximum absolute atomic E-state index is 9.50. The van der Waals surface area contributed by atoms with Gasteiger partial charge in [0.15, 0.2) is 0 Å². The SMILES string of the molecule is CC(C)(O)C(O)C(C)(C)CO. The zero-order chi connectivity index (χ0) is 9.28. The Morgan fingerprint density at radius 1 is 1.18 bits per heavy atom. The highest BCUT2D eigenvalue weighted by Crippen LogP contribution is 2.27. The Balaban J connectivity index is 4.35. The smallest absolute Gasteiger partial charge is 0.0894 e. The molecular weight excluding hydrogens is 144 g/mol. The summed E-state index contributed by atoms with van der Waals surface area (Å²) in [5, 5.41) is 27.8. The van der Waals surface area contributed by atoms with Crippen molar-refractivity contribution in [2.75, 3.05) is 6.61 Å².